The Morgan fingerprint density at radius 3 is 2.20 bits per heavy atom. The first kappa shape index (κ1) is 26.1. The highest BCUT2D eigenvalue weighted by atomic mass is 32.2. The van der Waals surface area contributed by atoms with Crippen LogP contribution >= 0.6 is 11.8 Å². The van der Waals surface area contributed by atoms with Crippen LogP contribution in [0, 0.1) is 5.92 Å². The van der Waals surface area contributed by atoms with Crippen molar-refractivity contribution in [1.82, 2.24) is 14.8 Å². The van der Waals surface area contributed by atoms with E-state index in [1.807, 2.05) is 35.8 Å². The number of amides is 1. The average molecular weight is 499 g/mol. The molecule has 9 nitrogen and oxygen atoms in total. The van der Waals surface area contributed by atoms with Gasteiger partial charge in [0.2, 0.25) is 5.91 Å². The molecule has 0 saturated heterocycles. The number of nitrogens with one attached hydrogen (secondary N) is 1. The van der Waals surface area contributed by atoms with Crippen LogP contribution in [0.25, 0.3) is 0 Å². The fourth-order valence-corrected chi connectivity index (χ4v) is 4.15. The zero-order valence-corrected chi connectivity index (χ0v) is 21.2. The van der Waals surface area contributed by atoms with Gasteiger partial charge in [0.05, 0.1) is 17.9 Å². The number of carboxylic acids is 1. The third-order valence-electron chi connectivity index (χ3n) is 5.08. The summed E-state index contributed by atoms with van der Waals surface area (Å²) in [5.41, 5.74) is 0.684. The van der Waals surface area contributed by atoms with E-state index in [4.69, 9.17) is 14.6 Å². The summed E-state index contributed by atoms with van der Waals surface area (Å²) in [7, 11) is 1.61. The van der Waals surface area contributed by atoms with E-state index in [9.17, 15) is 9.59 Å². The van der Waals surface area contributed by atoms with Gasteiger partial charge in [-0.3, -0.25) is 4.79 Å². The molecule has 0 fully saturated rings. The van der Waals surface area contributed by atoms with Crippen molar-refractivity contribution >= 4 is 29.3 Å². The highest BCUT2D eigenvalue weighted by Crippen LogP contribution is 2.29. The lowest BCUT2D eigenvalue weighted by atomic mass is 10.2. The highest BCUT2D eigenvalue weighted by molar-refractivity contribution is 8.00. The minimum Gasteiger partial charge on any atom is -0.497 e. The lowest BCUT2D eigenvalue weighted by Gasteiger charge is -2.19. The summed E-state index contributed by atoms with van der Waals surface area (Å²) in [6.45, 7) is 8.58. The summed E-state index contributed by atoms with van der Waals surface area (Å²) in [4.78, 5) is 23.8. The van der Waals surface area contributed by atoms with E-state index in [1.54, 1.807) is 26.2 Å². The Bertz CT molecular complexity index is 1150. The number of carbonyl (C=O) groups is 2. The van der Waals surface area contributed by atoms with Gasteiger partial charge in [0.15, 0.2) is 17.1 Å². The Kier molecular flexibility index (Phi) is 8.75. The zero-order valence-electron chi connectivity index (χ0n) is 20.4. The predicted octanol–water partition coefficient (Wildman–Crippen LogP) is 4.90. The Morgan fingerprint density at radius 2 is 1.63 bits per heavy atom. The van der Waals surface area contributed by atoms with Crippen LogP contribution in [0.5, 0.6) is 11.5 Å². The fourth-order valence-electron chi connectivity index (χ4n) is 3.29. The lowest BCUT2D eigenvalue weighted by molar-refractivity contribution is -0.115. The second kappa shape index (κ2) is 11.7. The molecule has 0 radical (unpaired) electrons. The van der Waals surface area contributed by atoms with Gasteiger partial charge >= 0.3 is 5.97 Å². The number of aromatic nitrogens is 3. The van der Waals surface area contributed by atoms with Crippen LogP contribution in [0.1, 0.15) is 50.0 Å². The summed E-state index contributed by atoms with van der Waals surface area (Å²) in [6, 6.07) is 13.4. The first-order valence-electron chi connectivity index (χ1n) is 11.2. The van der Waals surface area contributed by atoms with Crippen molar-refractivity contribution in [3.8, 4) is 11.5 Å². The van der Waals surface area contributed by atoms with Crippen LogP contribution in [0.3, 0.4) is 0 Å². The van der Waals surface area contributed by atoms with Gasteiger partial charge in [-0.05, 0) is 68.3 Å². The Balaban J connectivity index is 1.71. The number of thioether (sulfide) groups is 1. The molecule has 3 aromatic rings. The van der Waals surface area contributed by atoms with Crippen molar-refractivity contribution in [2.75, 3.05) is 12.4 Å². The van der Waals surface area contributed by atoms with Crippen LogP contribution in [-0.4, -0.2) is 44.1 Å². The molecule has 2 atom stereocenters. The Labute approximate surface area is 208 Å². The normalized spacial score (nSPS) is 12.7. The van der Waals surface area contributed by atoms with E-state index in [2.05, 4.69) is 29.4 Å². The van der Waals surface area contributed by atoms with Crippen LogP contribution < -0.4 is 14.8 Å². The molecule has 35 heavy (non-hydrogen) atoms. The standard InChI is InChI=1S/C25H30N4O5S/c1-15(2)14-29-22(16(3)34-21-12-10-20(33-5)11-13-21)27-28-25(29)35-17(4)23(30)26-19-8-6-18(7-9-19)24(31)32/h6-13,15-17H,14H2,1-5H3,(H,26,30)(H,31,32). The number of nitrogens with zero attached hydrogens (tertiary/aromatic N) is 3. The number of anilines is 1. The van der Waals surface area contributed by atoms with Gasteiger partial charge < -0.3 is 24.5 Å². The molecule has 1 heterocycles. The van der Waals surface area contributed by atoms with Crippen molar-refractivity contribution in [3.05, 3.63) is 59.9 Å². The maximum atomic E-state index is 12.8. The Hall–Kier alpha value is -3.53. The van der Waals surface area contributed by atoms with Gasteiger partial charge in [0.25, 0.3) is 0 Å². The van der Waals surface area contributed by atoms with Gasteiger partial charge in [0, 0.05) is 12.2 Å². The number of carbonyl (C=O) groups excluding carboxylic acids is 1. The summed E-state index contributed by atoms with van der Waals surface area (Å²) in [5.74, 6) is 1.20. The van der Waals surface area contributed by atoms with Gasteiger partial charge in [-0.2, -0.15) is 0 Å². The zero-order chi connectivity index (χ0) is 25.5. The number of rotatable bonds is 11. The minimum atomic E-state index is -1.02. The van der Waals surface area contributed by atoms with Gasteiger partial charge in [-0.15, -0.1) is 10.2 Å². The summed E-state index contributed by atoms with van der Waals surface area (Å²) in [5, 5.41) is 20.7. The molecule has 1 aromatic heterocycles. The van der Waals surface area contributed by atoms with E-state index in [-0.39, 0.29) is 17.6 Å². The summed E-state index contributed by atoms with van der Waals surface area (Å²) >= 11 is 1.31. The third-order valence-corrected chi connectivity index (χ3v) is 6.16. The van der Waals surface area contributed by atoms with Gasteiger partial charge in [-0.1, -0.05) is 25.6 Å². The molecule has 0 aliphatic rings. The summed E-state index contributed by atoms with van der Waals surface area (Å²) < 4.78 is 13.3. The number of ether oxygens (including phenoxy) is 2. The SMILES string of the molecule is COc1ccc(OC(C)c2nnc(SC(C)C(=O)Nc3ccc(C(=O)O)cc3)n2CC(C)C)cc1. The summed E-state index contributed by atoms with van der Waals surface area (Å²) in [6.07, 6.45) is -0.360. The van der Waals surface area contributed by atoms with E-state index < -0.39 is 11.2 Å². The van der Waals surface area contributed by atoms with Crippen molar-refractivity contribution < 1.29 is 24.2 Å². The van der Waals surface area contributed by atoms with Crippen LogP contribution in [0.4, 0.5) is 5.69 Å². The number of benzene rings is 2. The number of aromatic carboxylic acids is 1. The lowest BCUT2D eigenvalue weighted by Crippen LogP contribution is -2.23. The van der Waals surface area contributed by atoms with Crippen LogP contribution in [-0.2, 0) is 11.3 Å². The molecule has 0 aliphatic carbocycles. The largest absolute Gasteiger partial charge is 0.497 e. The smallest absolute Gasteiger partial charge is 0.335 e. The molecule has 10 heteroatoms. The topological polar surface area (TPSA) is 116 Å². The Morgan fingerprint density at radius 1 is 1.00 bits per heavy atom. The van der Waals surface area contributed by atoms with E-state index in [1.165, 1.54) is 23.9 Å². The van der Waals surface area contributed by atoms with E-state index in [0.717, 1.165) is 5.75 Å². The quantitative estimate of drug-likeness (QED) is 0.359. The maximum Gasteiger partial charge on any atom is 0.335 e. The first-order chi connectivity index (χ1) is 16.7. The average Bonchev–Trinajstić information content (AvgIpc) is 3.21. The second-order valence-electron chi connectivity index (χ2n) is 8.41. The van der Waals surface area contributed by atoms with Crippen molar-refractivity contribution in [2.24, 2.45) is 5.92 Å². The van der Waals surface area contributed by atoms with Gasteiger partial charge in [0.1, 0.15) is 11.5 Å². The van der Waals surface area contributed by atoms with Gasteiger partial charge in [-0.25, -0.2) is 4.79 Å². The van der Waals surface area contributed by atoms with Crippen LogP contribution in [0.15, 0.2) is 53.7 Å². The molecule has 0 saturated carbocycles. The van der Waals surface area contributed by atoms with E-state index in [0.29, 0.717) is 34.9 Å². The highest BCUT2D eigenvalue weighted by Gasteiger charge is 2.24. The number of carboxylic acid groups (broad SMARTS) is 1. The number of methoxy groups -OCH3 is 1. The minimum absolute atomic E-state index is 0.158. The molecular formula is C25H30N4O5S. The van der Waals surface area contributed by atoms with Crippen molar-refractivity contribution in [2.45, 2.75) is 50.8 Å². The molecule has 2 unspecified atom stereocenters. The molecule has 2 N–H and O–H groups in total. The molecule has 0 aliphatic heterocycles. The third kappa shape index (κ3) is 6.98. The fraction of sp³-hybridized carbons (Fsp3) is 0.360. The van der Waals surface area contributed by atoms with Crippen LogP contribution in [0.2, 0.25) is 0 Å². The molecule has 0 bridgehead atoms. The first-order valence-corrected chi connectivity index (χ1v) is 12.1. The van der Waals surface area contributed by atoms with Crippen molar-refractivity contribution in [1.29, 1.82) is 0 Å². The molecule has 0 spiro atoms. The van der Waals surface area contributed by atoms with E-state index >= 15 is 0 Å². The second-order valence-corrected chi connectivity index (χ2v) is 9.72. The monoisotopic (exact) mass is 498 g/mol. The number of hydrogen-bond donors (Lipinski definition) is 2. The molecule has 186 valence electrons. The molecule has 3 rings (SSSR count). The maximum absolute atomic E-state index is 12.8. The molecule has 2 aromatic carbocycles. The predicted molar refractivity (Wildman–Crippen MR) is 134 cm³/mol. The van der Waals surface area contributed by atoms with Crippen molar-refractivity contribution in [3.63, 3.8) is 0 Å². The molecule has 1 amide bonds. The molecular weight excluding hydrogens is 468 g/mol. The number of hydrogen-bond acceptors (Lipinski definition) is 7.